The largest absolute Gasteiger partial charge is 0.481 e. The summed E-state index contributed by atoms with van der Waals surface area (Å²) in [5.41, 5.74) is -0.367. The molecule has 1 atom stereocenters. The highest BCUT2D eigenvalue weighted by Gasteiger charge is 2.49. The lowest BCUT2D eigenvalue weighted by atomic mass is 9.88. The van der Waals surface area contributed by atoms with Crippen LogP contribution in [0.1, 0.15) is 90.9 Å². The minimum absolute atomic E-state index is 0.0213. The van der Waals surface area contributed by atoms with Gasteiger partial charge in [-0.25, -0.2) is 0 Å². The SMILES string of the molecule is CC(C)(CO)CCCCCC(O)CCCCCC1(C(=O)O)CC1. The zero-order valence-corrected chi connectivity index (χ0v) is 15.0. The number of carboxylic acids is 1. The summed E-state index contributed by atoms with van der Waals surface area (Å²) >= 11 is 0. The molecule has 0 radical (unpaired) electrons. The highest BCUT2D eigenvalue weighted by atomic mass is 16.4. The van der Waals surface area contributed by atoms with E-state index in [-0.39, 0.29) is 23.5 Å². The summed E-state index contributed by atoms with van der Waals surface area (Å²) in [6.07, 6.45) is 11.3. The van der Waals surface area contributed by atoms with E-state index in [0.717, 1.165) is 77.0 Å². The lowest BCUT2D eigenvalue weighted by Gasteiger charge is -2.21. The van der Waals surface area contributed by atoms with E-state index in [1.807, 2.05) is 0 Å². The maximum Gasteiger partial charge on any atom is 0.309 e. The summed E-state index contributed by atoms with van der Waals surface area (Å²) in [5, 5.41) is 28.3. The Morgan fingerprint density at radius 1 is 1.04 bits per heavy atom. The van der Waals surface area contributed by atoms with E-state index in [0.29, 0.717) is 0 Å². The first-order valence-electron chi connectivity index (χ1n) is 9.34. The maximum atomic E-state index is 11.1. The molecule has 1 saturated carbocycles. The number of unbranched alkanes of at least 4 members (excludes halogenated alkanes) is 4. The van der Waals surface area contributed by atoms with Crippen molar-refractivity contribution in [3.05, 3.63) is 0 Å². The van der Waals surface area contributed by atoms with Gasteiger partial charge in [0.05, 0.1) is 11.5 Å². The Morgan fingerprint density at radius 3 is 2.09 bits per heavy atom. The average molecular weight is 328 g/mol. The topological polar surface area (TPSA) is 77.8 Å². The van der Waals surface area contributed by atoms with Crippen LogP contribution in [0.2, 0.25) is 0 Å². The predicted molar refractivity (Wildman–Crippen MR) is 92.3 cm³/mol. The molecule has 0 spiro atoms. The number of rotatable bonds is 14. The third-order valence-corrected chi connectivity index (χ3v) is 5.32. The van der Waals surface area contributed by atoms with Gasteiger partial charge in [0.1, 0.15) is 0 Å². The molecule has 0 aromatic heterocycles. The molecule has 0 aromatic rings. The first-order chi connectivity index (χ1) is 10.8. The van der Waals surface area contributed by atoms with E-state index >= 15 is 0 Å². The van der Waals surface area contributed by atoms with Crippen molar-refractivity contribution in [1.29, 1.82) is 0 Å². The van der Waals surface area contributed by atoms with Gasteiger partial charge >= 0.3 is 5.97 Å². The van der Waals surface area contributed by atoms with Crippen molar-refractivity contribution in [1.82, 2.24) is 0 Å². The maximum absolute atomic E-state index is 11.1. The Hall–Kier alpha value is -0.610. The normalized spacial score (nSPS) is 17.9. The van der Waals surface area contributed by atoms with E-state index in [1.54, 1.807) is 0 Å². The quantitative estimate of drug-likeness (QED) is 0.419. The van der Waals surface area contributed by atoms with Crippen molar-refractivity contribution in [2.24, 2.45) is 10.8 Å². The number of aliphatic hydroxyl groups is 2. The molecule has 1 unspecified atom stereocenters. The number of hydrogen-bond donors (Lipinski definition) is 3. The molecular formula is C19H36O4. The summed E-state index contributed by atoms with van der Waals surface area (Å²) in [7, 11) is 0. The van der Waals surface area contributed by atoms with E-state index in [4.69, 9.17) is 5.11 Å². The molecule has 4 heteroatoms. The zero-order chi connectivity index (χ0) is 17.3. The lowest BCUT2D eigenvalue weighted by Crippen LogP contribution is -2.16. The van der Waals surface area contributed by atoms with Crippen LogP contribution in [-0.4, -0.2) is 34.0 Å². The third kappa shape index (κ3) is 8.16. The Balaban J connectivity index is 1.92. The summed E-state index contributed by atoms with van der Waals surface area (Å²) in [4.78, 5) is 11.1. The first kappa shape index (κ1) is 20.4. The van der Waals surface area contributed by atoms with Crippen LogP contribution in [-0.2, 0) is 4.79 Å². The van der Waals surface area contributed by atoms with E-state index < -0.39 is 5.97 Å². The van der Waals surface area contributed by atoms with Gasteiger partial charge in [-0.3, -0.25) is 4.79 Å². The molecule has 1 aliphatic rings. The molecule has 1 aliphatic carbocycles. The first-order valence-corrected chi connectivity index (χ1v) is 9.34. The van der Waals surface area contributed by atoms with Crippen molar-refractivity contribution in [2.45, 2.75) is 97.0 Å². The second-order valence-electron chi connectivity index (χ2n) is 8.26. The number of aliphatic carboxylic acids is 1. The summed E-state index contributed by atoms with van der Waals surface area (Å²) in [5.74, 6) is -0.623. The van der Waals surface area contributed by atoms with Gasteiger partial charge in [-0.05, 0) is 43.9 Å². The predicted octanol–water partition coefficient (Wildman–Crippen LogP) is 4.13. The molecular weight excluding hydrogens is 292 g/mol. The van der Waals surface area contributed by atoms with Gasteiger partial charge in [0, 0.05) is 6.61 Å². The van der Waals surface area contributed by atoms with Gasteiger partial charge in [-0.15, -0.1) is 0 Å². The Morgan fingerprint density at radius 2 is 1.61 bits per heavy atom. The fraction of sp³-hybridized carbons (Fsp3) is 0.947. The number of aliphatic hydroxyl groups excluding tert-OH is 2. The van der Waals surface area contributed by atoms with Crippen LogP contribution in [0.5, 0.6) is 0 Å². The Bertz CT molecular complexity index is 347. The van der Waals surface area contributed by atoms with E-state index in [1.165, 1.54) is 0 Å². The molecule has 23 heavy (non-hydrogen) atoms. The van der Waals surface area contributed by atoms with Gasteiger partial charge < -0.3 is 15.3 Å². The minimum Gasteiger partial charge on any atom is -0.481 e. The molecule has 1 fully saturated rings. The van der Waals surface area contributed by atoms with Crippen LogP contribution in [0.3, 0.4) is 0 Å². The smallest absolute Gasteiger partial charge is 0.309 e. The average Bonchev–Trinajstić information content (AvgIpc) is 3.27. The molecule has 4 nitrogen and oxygen atoms in total. The fourth-order valence-corrected chi connectivity index (χ4v) is 3.13. The minimum atomic E-state index is -0.623. The summed E-state index contributed by atoms with van der Waals surface area (Å²) in [6, 6.07) is 0. The third-order valence-electron chi connectivity index (χ3n) is 5.32. The fourth-order valence-electron chi connectivity index (χ4n) is 3.13. The van der Waals surface area contributed by atoms with Crippen molar-refractivity contribution in [3.8, 4) is 0 Å². The van der Waals surface area contributed by atoms with Crippen molar-refractivity contribution >= 4 is 5.97 Å². The van der Waals surface area contributed by atoms with Crippen LogP contribution < -0.4 is 0 Å². The summed E-state index contributed by atoms with van der Waals surface area (Å²) in [6.45, 7) is 4.40. The molecule has 0 aliphatic heterocycles. The van der Waals surface area contributed by atoms with Gasteiger partial charge in [-0.2, -0.15) is 0 Å². The second-order valence-corrected chi connectivity index (χ2v) is 8.26. The Kier molecular flexibility index (Phi) is 8.56. The zero-order valence-electron chi connectivity index (χ0n) is 15.0. The van der Waals surface area contributed by atoms with Gasteiger partial charge in [0.2, 0.25) is 0 Å². The number of hydrogen-bond acceptors (Lipinski definition) is 3. The number of carboxylic acid groups (broad SMARTS) is 1. The van der Waals surface area contributed by atoms with Gasteiger partial charge in [0.25, 0.3) is 0 Å². The number of carbonyl (C=O) groups is 1. The van der Waals surface area contributed by atoms with Crippen molar-refractivity contribution in [3.63, 3.8) is 0 Å². The van der Waals surface area contributed by atoms with Crippen LogP contribution in [0.25, 0.3) is 0 Å². The molecule has 1 rings (SSSR count). The molecule has 3 N–H and O–H groups in total. The molecule has 0 heterocycles. The van der Waals surface area contributed by atoms with Crippen LogP contribution in [0, 0.1) is 10.8 Å². The van der Waals surface area contributed by atoms with Crippen molar-refractivity contribution in [2.75, 3.05) is 6.61 Å². The molecule has 0 bridgehead atoms. The highest BCUT2D eigenvalue weighted by molar-refractivity contribution is 5.77. The van der Waals surface area contributed by atoms with Gasteiger partial charge in [-0.1, -0.05) is 52.4 Å². The van der Waals surface area contributed by atoms with Crippen LogP contribution in [0.15, 0.2) is 0 Å². The molecule has 0 aromatic carbocycles. The monoisotopic (exact) mass is 328 g/mol. The van der Waals surface area contributed by atoms with Crippen LogP contribution >= 0.6 is 0 Å². The van der Waals surface area contributed by atoms with Crippen molar-refractivity contribution < 1.29 is 20.1 Å². The summed E-state index contributed by atoms with van der Waals surface area (Å²) < 4.78 is 0. The van der Waals surface area contributed by atoms with Gasteiger partial charge in [0.15, 0.2) is 0 Å². The molecule has 0 amide bonds. The highest BCUT2D eigenvalue weighted by Crippen LogP contribution is 2.50. The van der Waals surface area contributed by atoms with Crippen LogP contribution in [0.4, 0.5) is 0 Å². The second kappa shape index (κ2) is 9.63. The molecule has 0 saturated heterocycles. The lowest BCUT2D eigenvalue weighted by molar-refractivity contribution is -0.143. The molecule has 136 valence electrons. The standard InChI is InChI=1S/C19H36O4/c1-18(2,15-20)11-7-3-5-9-16(21)10-6-4-8-12-19(13-14-19)17(22)23/h16,20-21H,3-15H2,1-2H3,(H,22,23). The Labute approximate surface area is 141 Å². The van der Waals surface area contributed by atoms with E-state index in [9.17, 15) is 15.0 Å². The van der Waals surface area contributed by atoms with E-state index in [2.05, 4.69) is 13.8 Å².